The van der Waals surface area contributed by atoms with Gasteiger partial charge in [-0.15, -0.1) is 0 Å². The Labute approximate surface area is 125 Å². The van der Waals surface area contributed by atoms with Gasteiger partial charge in [-0.3, -0.25) is 0 Å². The molecule has 0 spiro atoms. The first-order chi connectivity index (χ1) is 9.65. The molecule has 1 aromatic rings. The van der Waals surface area contributed by atoms with Crippen LogP contribution in [0, 0.1) is 0 Å². The molecule has 0 bridgehead atoms. The van der Waals surface area contributed by atoms with E-state index in [1.807, 2.05) is 37.3 Å². The Morgan fingerprint density at radius 1 is 1.20 bits per heavy atom. The highest BCUT2D eigenvalue weighted by molar-refractivity contribution is 9.09. The monoisotopic (exact) mass is 342 g/mol. The van der Waals surface area contributed by atoms with Crippen LogP contribution < -0.4 is 0 Å². The third-order valence-corrected chi connectivity index (χ3v) is 4.20. The van der Waals surface area contributed by atoms with Crippen LogP contribution in [0.5, 0.6) is 0 Å². The zero-order valence-electron chi connectivity index (χ0n) is 10.9. The average molecular weight is 343 g/mol. The predicted molar refractivity (Wildman–Crippen MR) is 73.4 cm³/mol. The minimum atomic E-state index is -0.671. The molecule has 0 radical (unpaired) electrons. The van der Waals surface area contributed by atoms with Gasteiger partial charge in [0.2, 0.25) is 0 Å². The highest BCUT2D eigenvalue weighted by Gasteiger charge is 2.53. The summed E-state index contributed by atoms with van der Waals surface area (Å²) in [6.45, 7) is 2.33. The number of alkyl halides is 1. The molecule has 2 saturated heterocycles. The van der Waals surface area contributed by atoms with Gasteiger partial charge in [0.1, 0.15) is 6.10 Å². The van der Waals surface area contributed by atoms with Crippen molar-refractivity contribution in [1.82, 2.24) is 0 Å². The summed E-state index contributed by atoms with van der Waals surface area (Å²) in [6, 6.07) is 9.82. The molecule has 1 aromatic carbocycles. The summed E-state index contributed by atoms with van der Waals surface area (Å²) in [6.07, 6.45) is -2.13. The van der Waals surface area contributed by atoms with E-state index in [0.717, 1.165) is 5.56 Å². The zero-order chi connectivity index (χ0) is 14.1. The van der Waals surface area contributed by atoms with Crippen molar-refractivity contribution >= 4 is 22.1 Å². The molecule has 5 nitrogen and oxygen atoms in total. The summed E-state index contributed by atoms with van der Waals surface area (Å²) in [5, 5.41) is -0.370. The summed E-state index contributed by atoms with van der Waals surface area (Å²) in [7, 11) is 0. The van der Waals surface area contributed by atoms with E-state index in [2.05, 4.69) is 15.9 Å². The van der Waals surface area contributed by atoms with Crippen molar-refractivity contribution in [3.8, 4) is 0 Å². The third kappa shape index (κ3) is 2.68. The third-order valence-electron chi connectivity index (χ3n) is 3.46. The summed E-state index contributed by atoms with van der Waals surface area (Å²) < 4.78 is 21.9. The fourth-order valence-corrected chi connectivity index (χ4v) is 3.21. The number of carbonyl (C=O) groups excluding carboxylic acids is 1. The predicted octanol–water partition coefficient (Wildman–Crippen LogP) is 2.62. The number of hydrogen-bond acceptors (Lipinski definition) is 5. The SMILES string of the molecule is C[C@@H]1O[C@@H](Br)[C@@H]2OC(=O)O[C@@H]2[C@H]1OCc1ccccc1. The van der Waals surface area contributed by atoms with Crippen LogP contribution in [0.25, 0.3) is 0 Å². The van der Waals surface area contributed by atoms with Gasteiger partial charge in [0, 0.05) is 0 Å². The van der Waals surface area contributed by atoms with Crippen molar-refractivity contribution in [2.75, 3.05) is 0 Å². The van der Waals surface area contributed by atoms with Crippen molar-refractivity contribution in [2.24, 2.45) is 0 Å². The number of fused-ring (bicyclic) bond motifs is 1. The molecule has 0 saturated carbocycles. The molecule has 0 amide bonds. The number of ether oxygens (including phenoxy) is 4. The largest absolute Gasteiger partial charge is 0.509 e. The molecule has 0 unspecified atom stereocenters. The Bertz CT molecular complexity index is 480. The molecule has 108 valence electrons. The van der Waals surface area contributed by atoms with Crippen molar-refractivity contribution in [2.45, 2.75) is 43.0 Å². The van der Waals surface area contributed by atoms with Crippen molar-refractivity contribution in [1.29, 1.82) is 0 Å². The van der Waals surface area contributed by atoms with Crippen LogP contribution in [-0.2, 0) is 25.6 Å². The lowest BCUT2D eigenvalue weighted by atomic mass is 10.0. The molecule has 0 aromatic heterocycles. The Balaban J connectivity index is 1.69. The molecular formula is C14H15BrO5. The quantitative estimate of drug-likeness (QED) is 0.624. The highest BCUT2D eigenvalue weighted by Crippen LogP contribution is 2.34. The highest BCUT2D eigenvalue weighted by atomic mass is 79.9. The van der Waals surface area contributed by atoms with Crippen LogP contribution in [0.15, 0.2) is 30.3 Å². The number of rotatable bonds is 3. The summed E-state index contributed by atoms with van der Waals surface area (Å²) in [5.41, 5.74) is 1.06. The summed E-state index contributed by atoms with van der Waals surface area (Å²) >= 11 is 3.35. The van der Waals surface area contributed by atoms with Gasteiger partial charge in [0.25, 0.3) is 0 Å². The molecule has 5 atom stereocenters. The fraction of sp³-hybridized carbons (Fsp3) is 0.500. The molecule has 2 fully saturated rings. The van der Waals surface area contributed by atoms with E-state index < -0.39 is 18.4 Å². The van der Waals surface area contributed by atoms with E-state index in [9.17, 15) is 4.79 Å². The lowest BCUT2D eigenvalue weighted by molar-refractivity contribution is -0.176. The van der Waals surface area contributed by atoms with Crippen molar-refractivity contribution < 1.29 is 23.7 Å². The van der Waals surface area contributed by atoms with Crippen LogP contribution in [0.1, 0.15) is 12.5 Å². The first kappa shape index (κ1) is 13.9. The number of carbonyl (C=O) groups is 1. The number of hydrogen-bond donors (Lipinski definition) is 0. The molecular weight excluding hydrogens is 328 g/mol. The maximum absolute atomic E-state index is 11.3. The van der Waals surface area contributed by atoms with E-state index >= 15 is 0 Å². The van der Waals surface area contributed by atoms with Crippen LogP contribution >= 0.6 is 15.9 Å². The fourth-order valence-electron chi connectivity index (χ4n) is 2.46. The Kier molecular flexibility index (Phi) is 3.96. The molecule has 0 aliphatic carbocycles. The summed E-state index contributed by atoms with van der Waals surface area (Å²) in [4.78, 5) is 11.3. The molecule has 20 heavy (non-hydrogen) atoms. The first-order valence-electron chi connectivity index (χ1n) is 6.47. The standard InChI is InChI=1S/C14H15BrO5/c1-8-10(17-7-9-5-3-2-4-6-9)11-12(13(15)18-8)20-14(16)19-11/h2-6,8,10-13H,7H2,1H3/t8-,10-,11+,12+,13+/m0/s1. The van der Waals surface area contributed by atoms with E-state index in [0.29, 0.717) is 6.61 Å². The number of benzene rings is 1. The van der Waals surface area contributed by atoms with Crippen LogP contribution in [0.2, 0.25) is 0 Å². The van der Waals surface area contributed by atoms with E-state index in [1.165, 1.54) is 0 Å². The van der Waals surface area contributed by atoms with Gasteiger partial charge < -0.3 is 18.9 Å². The molecule has 2 heterocycles. The van der Waals surface area contributed by atoms with Crippen LogP contribution in [0.3, 0.4) is 0 Å². The maximum Gasteiger partial charge on any atom is 0.509 e. The topological polar surface area (TPSA) is 54.0 Å². The van der Waals surface area contributed by atoms with Gasteiger partial charge in [-0.2, -0.15) is 0 Å². The molecule has 6 heteroatoms. The second kappa shape index (κ2) is 5.71. The van der Waals surface area contributed by atoms with Gasteiger partial charge in [-0.1, -0.05) is 46.3 Å². The van der Waals surface area contributed by atoms with Crippen LogP contribution in [-0.4, -0.2) is 35.6 Å². The minimum absolute atomic E-state index is 0.196. The summed E-state index contributed by atoms with van der Waals surface area (Å²) in [5.74, 6) is 0. The lowest BCUT2D eigenvalue weighted by Gasteiger charge is -2.37. The van der Waals surface area contributed by atoms with Gasteiger partial charge in [-0.05, 0) is 12.5 Å². The lowest BCUT2D eigenvalue weighted by Crippen LogP contribution is -2.54. The molecule has 0 N–H and O–H groups in total. The van der Waals surface area contributed by atoms with Gasteiger partial charge in [0.15, 0.2) is 17.2 Å². The second-order valence-corrected chi connectivity index (χ2v) is 5.77. The Morgan fingerprint density at radius 3 is 2.65 bits per heavy atom. The number of halogens is 1. The Morgan fingerprint density at radius 2 is 1.90 bits per heavy atom. The smallest absolute Gasteiger partial charge is 0.424 e. The normalized spacial score (nSPS) is 36.1. The maximum atomic E-state index is 11.3. The molecule has 2 aliphatic rings. The first-order valence-corrected chi connectivity index (χ1v) is 7.39. The van der Waals surface area contributed by atoms with E-state index in [1.54, 1.807) is 0 Å². The minimum Gasteiger partial charge on any atom is -0.424 e. The van der Waals surface area contributed by atoms with Crippen molar-refractivity contribution in [3.05, 3.63) is 35.9 Å². The van der Waals surface area contributed by atoms with Gasteiger partial charge in [-0.25, -0.2) is 4.79 Å². The average Bonchev–Trinajstić information content (AvgIpc) is 2.82. The molecule has 3 rings (SSSR count). The molecule has 2 aliphatic heterocycles. The van der Waals surface area contributed by atoms with Gasteiger partial charge >= 0.3 is 6.16 Å². The Hall–Kier alpha value is -1.11. The second-order valence-electron chi connectivity index (χ2n) is 4.87. The van der Waals surface area contributed by atoms with Crippen molar-refractivity contribution in [3.63, 3.8) is 0 Å². The van der Waals surface area contributed by atoms with Crippen LogP contribution in [0.4, 0.5) is 4.79 Å². The van der Waals surface area contributed by atoms with Gasteiger partial charge in [0.05, 0.1) is 12.7 Å². The van der Waals surface area contributed by atoms with E-state index in [4.69, 9.17) is 18.9 Å². The zero-order valence-corrected chi connectivity index (χ0v) is 12.5. The van der Waals surface area contributed by atoms with E-state index in [-0.39, 0.29) is 17.2 Å².